The largest absolute Gasteiger partial charge is 0.507 e. The van der Waals surface area contributed by atoms with Gasteiger partial charge in [0.2, 0.25) is 0 Å². The van der Waals surface area contributed by atoms with Crippen molar-refractivity contribution in [1.29, 1.82) is 0 Å². The maximum absolute atomic E-state index is 13.3. The smallest absolute Gasteiger partial charge is 0.198 e. The quantitative estimate of drug-likeness (QED) is 0.433. The van der Waals surface area contributed by atoms with Crippen molar-refractivity contribution >= 4 is 17.3 Å². The van der Waals surface area contributed by atoms with Gasteiger partial charge in [0.25, 0.3) is 0 Å². The average molecular weight is 482 g/mol. The Morgan fingerprint density at radius 3 is 2.46 bits per heavy atom. The number of phenols is 1. The molecule has 2 aromatic rings. The summed E-state index contributed by atoms with van der Waals surface area (Å²) < 4.78 is 11.8. The number of Topliss-reactive ketones (excluding diaryl/α,β-unsaturated/α-hetero) is 1. The Morgan fingerprint density at radius 1 is 1.17 bits per heavy atom. The van der Waals surface area contributed by atoms with Gasteiger partial charge >= 0.3 is 0 Å². The summed E-state index contributed by atoms with van der Waals surface area (Å²) in [6.07, 6.45) is -3.61. The first kappa shape index (κ1) is 23.8. The van der Waals surface area contributed by atoms with Crippen LogP contribution in [-0.2, 0) is 20.7 Å². The summed E-state index contributed by atoms with van der Waals surface area (Å²) in [5.74, 6) is -1.82. The second kappa shape index (κ2) is 8.32. The van der Waals surface area contributed by atoms with Crippen LogP contribution in [0.4, 0.5) is 0 Å². The van der Waals surface area contributed by atoms with Crippen molar-refractivity contribution in [3.63, 3.8) is 0 Å². The number of carbonyl (C=O) groups is 3. The van der Waals surface area contributed by atoms with Crippen molar-refractivity contribution in [2.45, 2.75) is 69.4 Å². The molecule has 184 valence electrons. The molecule has 9 nitrogen and oxygen atoms in total. The van der Waals surface area contributed by atoms with Crippen LogP contribution in [0.3, 0.4) is 0 Å². The Kier molecular flexibility index (Phi) is 5.65. The molecule has 1 fully saturated rings. The van der Waals surface area contributed by atoms with Gasteiger partial charge in [-0.2, -0.15) is 0 Å². The minimum absolute atomic E-state index is 0.0178. The van der Waals surface area contributed by atoms with E-state index < -0.39 is 59.3 Å². The second-order valence-corrected chi connectivity index (χ2v) is 9.68. The van der Waals surface area contributed by atoms with Crippen molar-refractivity contribution in [2.75, 3.05) is 0 Å². The minimum Gasteiger partial charge on any atom is -0.507 e. The van der Waals surface area contributed by atoms with Crippen molar-refractivity contribution < 1.29 is 39.2 Å². The summed E-state index contributed by atoms with van der Waals surface area (Å²) in [4.78, 5) is 38.9. The number of aliphatic hydroxyl groups is 2. The average Bonchev–Trinajstić information content (AvgIpc) is 2.80. The number of ether oxygens (including phenoxy) is 2. The van der Waals surface area contributed by atoms with Gasteiger partial charge in [-0.1, -0.05) is 24.3 Å². The zero-order valence-electron chi connectivity index (χ0n) is 19.4. The van der Waals surface area contributed by atoms with Crippen LogP contribution in [0, 0.1) is 0 Å². The number of fused-ring (bicyclic) bond motifs is 3. The van der Waals surface area contributed by atoms with Crippen LogP contribution < -0.4 is 5.73 Å². The van der Waals surface area contributed by atoms with E-state index >= 15 is 0 Å². The number of hydrogen-bond donors (Lipinski definition) is 4. The molecule has 6 unspecified atom stereocenters. The lowest BCUT2D eigenvalue weighted by Gasteiger charge is -2.41. The van der Waals surface area contributed by atoms with Crippen molar-refractivity contribution in [2.24, 2.45) is 5.73 Å². The Labute approximate surface area is 201 Å². The summed E-state index contributed by atoms with van der Waals surface area (Å²) in [6.45, 7) is 2.91. The van der Waals surface area contributed by atoms with Gasteiger partial charge in [0, 0.05) is 47.6 Å². The zero-order chi connectivity index (χ0) is 25.2. The third-order valence-corrected chi connectivity index (χ3v) is 7.36. The van der Waals surface area contributed by atoms with Gasteiger partial charge in [-0.05, 0) is 25.5 Å². The molecular weight excluding hydrogens is 454 g/mol. The predicted molar refractivity (Wildman–Crippen MR) is 122 cm³/mol. The third-order valence-electron chi connectivity index (χ3n) is 7.36. The number of benzene rings is 2. The monoisotopic (exact) mass is 481 g/mol. The zero-order valence-corrected chi connectivity index (χ0v) is 19.4. The molecular formula is C26H27NO8. The fourth-order valence-corrected chi connectivity index (χ4v) is 5.35. The first-order chi connectivity index (χ1) is 16.5. The minimum atomic E-state index is -1.81. The first-order valence-corrected chi connectivity index (χ1v) is 11.6. The molecule has 5 rings (SSSR count). The molecule has 0 saturated carbocycles. The van der Waals surface area contributed by atoms with Crippen molar-refractivity contribution in [3.8, 4) is 5.75 Å². The highest BCUT2D eigenvalue weighted by Crippen LogP contribution is 2.48. The van der Waals surface area contributed by atoms with Crippen LogP contribution in [0.15, 0.2) is 30.3 Å². The molecule has 0 spiro atoms. The lowest BCUT2D eigenvalue weighted by molar-refractivity contribution is -0.247. The normalized spacial score (nSPS) is 32.0. The second-order valence-electron chi connectivity index (χ2n) is 9.68. The molecule has 0 radical (unpaired) electrons. The highest BCUT2D eigenvalue weighted by atomic mass is 16.7. The van der Waals surface area contributed by atoms with E-state index in [2.05, 4.69) is 0 Å². The fourth-order valence-electron chi connectivity index (χ4n) is 5.35. The number of nitrogens with two attached hydrogens (primary N) is 1. The van der Waals surface area contributed by atoms with Gasteiger partial charge in [0.1, 0.15) is 11.4 Å². The number of phenolic OH excluding ortho intramolecular Hbond substituents is 1. The number of ketones is 3. The lowest BCUT2D eigenvalue weighted by Crippen LogP contribution is -2.52. The highest BCUT2D eigenvalue weighted by molar-refractivity contribution is 6.29. The van der Waals surface area contributed by atoms with Crippen LogP contribution in [0.1, 0.15) is 75.8 Å². The summed E-state index contributed by atoms with van der Waals surface area (Å²) in [5.41, 5.74) is 5.09. The van der Waals surface area contributed by atoms with E-state index in [9.17, 15) is 29.7 Å². The van der Waals surface area contributed by atoms with E-state index in [0.717, 1.165) is 0 Å². The van der Waals surface area contributed by atoms with Crippen LogP contribution in [-0.4, -0.2) is 62.8 Å². The van der Waals surface area contributed by atoms with Crippen LogP contribution >= 0.6 is 0 Å². The molecule has 1 heterocycles. The Bertz CT molecular complexity index is 1240. The van der Waals surface area contributed by atoms with E-state index in [0.29, 0.717) is 5.56 Å². The van der Waals surface area contributed by atoms with Gasteiger partial charge in [0.15, 0.2) is 23.6 Å². The first-order valence-electron chi connectivity index (χ1n) is 11.6. The van der Waals surface area contributed by atoms with Crippen LogP contribution in [0.25, 0.3) is 0 Å². The summed E-state index contributed by atoms with van der Waals surface area (Å²) >= 11 is 0. The predicted octanol–water partition coefficient (Wildman–Crippen LogP) is 1.31. The molecule has 35 heavy (non-hydrogen) atoms. The Balaban J connectivity index is 1.62. The number of hydrogen-bond acceptors (Lipinski definition) is 9. The molecule has 9 heteroatoms. The van der Waals surface area contributed by atoms with Crippen molar-refractivity contribution in [1.82, 2.24) is 0 Å². The molecule has 6 atom stereocenters. The summed E-state index contributed by atoms with van der Waals surface area (Å²) in [7, 11) is 0. The molecule has 2 aromatic carbocycles. The van der Waals surface area contributed by atoms with E-state index in [1.165, 1.54) is 19.1 Å². The third kappa shape index (κ3) is 3.71. The Morgan fingerprint density at radius 2 is 1.83 bits per heavy atom. The molecule has 0 aromatic heterocycles. The molecule has 5 N–H and O–H groups in total. The van der Waals surface area contributed by atoms with E-state index in [-0.39, 0.29) is 47.1 Å². The van der Waals surface area contributed by atoms with Gasteiger partial charge in [-0.3, -0.25) is 14.4 Å². The van der Waals surface area contributed by atoms with Gasteiger partial charge in [-0.25, -0.2) is 0 Å². The standard InChI is InChI=1S/C26H27NO8/c1-11-22(29)17(27)8-19(34-11)35-18-10-26(33,12(2)28)9-13-7-16-21(25(32)20(13)18)24(31)15-6-4-3-5-14(15)23(16)30/h3-7,11,17-19,22,29,32-33H,8-10,27H2,1-2H3. The van der Waals surface area contributed by atoms with Crippen molar-refractivity contribution in [3.05, 3.63) is 63.7 Å². The number of rotatable bonds is 3. The van der Waals surface area contributed by atoms with Crippen LogP contribution in [0.2, 0.25) is 0 Å². The number of aliphatic hydroxyl groups excluding tert-OH is 1. The molecule has 3 aliphatic rings. The van der Waals surface area contributed by atoms with E-state index in [1.54, 1.807) is 25.1 Å². The molecule has 0 bridgehead atoms. The maximum Gasteiger partial charge on any atom is 0.198 e. The highest BCUT2D eigenvalue weighted by Gasteiger charge is 2.47. The number of aromatic hydroxyl groups is 1. The van der Waals surface area contributed by atoms with Gasteiger partial charge in [0.05, 0.1) is 23.9 Å². The molecule has 1 saturated heterocycles. The maximum atomic E-state index is 13.3. The van der Waals surface area contributed by atoms with Gasteiger partial charge < -0.3 is 30.5 Å². The van der Waals surface area contributed by atoms with E-state index in [1.807, 2.05) is 0 Å². The van der Waals surface area contributed by atoms with E-state index in [4.69, 9.17) is 15.2 Å². The van der Waals surface area contributed by atoms with Gasteiger partial charge in [-0.15, -0.1) is 0 Å². The fraction of sp³-hybridized carbons (Fsp3) is 0.423. The number of carbonyl (C=O) groups excluding carboxylic acids is 3. The lowest BCUT2D eigenvalue weighted by atomic mass is 9.72. The SMILES string of the molecule is CC(=O)C1(O)Cc2cc3c(c(O)c2C(OC2CC(N)C(O)C(C)O2)C1)C(=O)c1ccccc1C3=O. The summed E-state index contributed by atoms with van der Waals surface area (Å²) in [6, 6.07) is 7.21. The molecule has 2 aliphatic carbocycles. The van der Waals surface area contributed by atoms with Crippen LogP contribution in [0.5, 0.6) is 5.75 Å². The summed E-state index contributed by atoms with van der Waals surface area (Å²) in [5, 5.41) is 32.6. The topological polar surface area (TPSA) is 156 Å². The molecule has 0 amide bonds. The molecule has 1 aliphatic heterocycles. The Hall–Kier alpha value is -2.95.